The van der Waals surface area contributed by atoms with Gasteiger partial charge in [-0.05, 0) is 17.7 Å². The topological polar surface area (TPSA) is 20.2 Å². The summed E-state index contributed by atoms with van der Waals surface area (Å²) in [6, 6.07) is 0.362. The molecule has 8 heteroatoms. The second-order valence-corrected chi connectivity index (χ2v) is 3.55. The summed E-state index contributed by atoms with van der Waals surface area (Å²) >= 11 is 5.15. The van der Waals surface area contributed by atoms with Gasteiger partial charge < -0.3 is 5.11 Å². The molecule has 0 unspecified atom stereocenters. The summed E-state index contributed by atoms with van der Waals surface area (Å²) < 4.78 is 74.2. The van der Waals surface area contributed by atoms with Gasteiger partial charge in [-0.15, -0.1) is 0 Å². The van der Waals surface area contributed by atoms with E-state index in [-0.39, 0.29) is 12.1 Å². The molecule has 1 aromatic rings. The zero-order valence-corrected chi connectivity index (χ0v) is 8.71. The van der Waals surface area contributed by atoms with E-state index in [1.54, 1.807) is 0 Å². The number of rotatable bonds is 1. The molecule has 0 saturated carbocycles. The highest BCUT2D eigenvalue weighted by molar-refractivity contribution is 6.31. The van der Waals surface area contributed by atoms with Gasteiger partial charge in [-0.2, -0.15) is 26.3 Å². The van der Waals surface area contributed by atoms with Crippen LogP contribution in [0.5, 0.6) is 0 Å². The fraction of sp³-hybridized carbons (Fsp3) is 0.333. The number of hydrogen-bond acceptors (Lipinski definition) is 1. The van der Waals surface area contributed by atoms with Crippen LogP contribution in [-0.2, 0) is 19.0 Å². The fourth-order valence-electron chi connectivity index (χ4n) is 1.23. The van der Waals surface area contributed by atoms with Gasteiger partial charge in [0.25, 0.3) is 0 Å². The first-order valence-corrected chi connectivity index (χ1v) is 4.53. The highest BCUT2D eigenvalue weighted by Crippen LogP contribution is 2.40. The zero-order chi connectivity index (χ0) is 13.4. The van der Waals surface area contributed by atoms with E-state index in [4.69, 9.17) is 16.7 Å². The first kappa shape index (κ1) is 14.1. The Hall–Kier alpha value is -0.950. The molecule has 0 atom stereocenters. The van der Waals surface area contributed by atoms with Crippen molar-refractivity contribution in [3.63, 3.8) is 0 Å². The summed E-state index contributed by atoms with van der Waals surface area (Å²) in [5.41, 5.74) is -3.65. The standard InChI is InChI=1S/C9H5ClF6O/c10-7-2-5(8(11,12)13)4(3-17)1-6(7)9(14,15)16/h1-2,17H,3H2. The quantitative estimate of drug-likeness (QED) is 0.773. The second kappa shape index (κ2) is 4.38. The van der Waals surface area contributed by atoms with E-state index in [1.165, 1.54) is 0 Å². The Kier molecular flexibility index (Phi) is 3.63. The molecule has 0 aliphatic carbocycles. The average Bonchev–Trinajstić information content (AvgIpc) is 2.14. The van der Waals surface area contributed by atoms with Crippen LogP contribution in [0, 0.1) is 0 Å². The van der Waals surface area contributed by atoms with Crippen molar-refractivity contribution < 1.29 is 31.4 Å². The maximum atomic E-state index is 12.4. The number of hydrogen-bond donors (Lipinski definition) is 1. The lowest BCUT2D eigenvalue weighted by Crippen LogP contribution is -2.13. The normalized spacial score (nSPS) is 12.9. The molecule has 0 amide bonds. The summed E-state index contributed by atoms with van der Waals surface area (Å²) in [5, 5.41) is 7.60. The number of alkyl halides is 6. The van der Waals surface area contributed by atoms with E-state index in [2.05, 4.69) is 0 Å². The van der Waals surface area contributed by atoms with Crippen molar-refractivity contribution in [2.75, 3.05) is 0 Å². The van der Waals surface area contributed by atoms with E-state index in [9.17, 15) is 26.3 Å². The molecule has 0 radical (unpaired) electrons. The Bertz CT molecular complexity index is 423. The zero-order valence-electron chi connectivity index (χ0n) is 7.95. The lowest BCUT2D eigenvalue weighted by Gasteiger charge is -2.16. The molecular formula is C9H5ClF6O. The van der Waals surface area contributed by atoms with Crippen LogP contribution in [0.2, 0.25) is 5.02 Å². The van der Waals surface area contributed by atoms with E-state index in [1.807, 2.05) is 0 Å². The van der Waals surface area contributed by atoms with Gasteiger partial charge in [0.1, 0.15) is 0 Å². The Morgan fingerprint density at radius 2 is 1.41 bits per heavy atom. The molecule has 1 rings (SSSR count). The third kappa shape index (κ3) is 3.04. The molecule has 0 aromatic heterocycles. The van der Waals surface area contributed by atoms with Crippen molar-refractivity contribution in [2.45, 2.75) is 19.0 Å². The Morgan fingerprint density at radius 3 is 1.76 bits per heavy atom. The summed E-state index contributed by atoms with van der Waals surface area (Å²) in [6.45, 7) is -1.16. The number of halogens is 7. The van der Waals surface area contributed by atoms with Crippen LogP contribution >= 0.6 is 11.6 Å². The first-order valence-electron chi connectivity index (χ1n) is 4.15. The molecule has 0 spiro atoms. The molecule has 0 heterocycles. The van der Waals surface area contributed by atoms with Crippen LogP contribution in [0.4, 0.5) is 26.3 Å². The van der Waals surface area contributed by atoms with Crippen LogP contribution in [0.3, 0.4) is 0 Å². The third-order valence-electron chi connectivity index (χ3n) is 1.97. The third-order valence-corrected chi connectivity index (χ3v) is 2.29. The van der Waals surface area contributed by atoms with E-state index < -0.39 is 40.7 Å². The monoisotopic (exact) mass is 278 g/mol. The van der Waals surface area contributed by atoms with Crippen molar-refractivity contribution in [1.82, 2.24) is 0 Å². The Labute approximate surface area is 96.6 Å². The predicted octanol–water partition coefficient (Wildman–Crippen LogP) is 3.87. The van der Waals surface area contributed by atoms with Crippen LogP contribution in [0.25, 0.3) is 0 Å². The van der Waals surface area contributed by atoms with Crippen molar-refractivity contribution in [1.29, 1.82) is 0 Å². The maximum absolute atomic E-state index is 12.4. The molecule has 0 fully saturated rings. The summed E-state index contributed by atoms with van der Waals surface area (Å²) in [7, 11) is 0. The molecule has 96 valence electrons. The minimum atomic E-state index is -4.87. The Balaban J connectivity index is 3.46. The van der Waals surface area contributed by atoms with Crippen LogP contribution < -0.4 is 0 Å². The van der Waals surface area contributed by atoms with E-state index in [0.29, 0.717) is 0 Å². The van der Waals surface area contributed by atoms with Crippen molar-refractivity contribution >= 4 is 11.6 Å². The highest BCUT2D eigenvalue weighted by Gasteiger charge is 2.38. The van der Waals surface area contributed by atoms with Gasteiger partial charge in [0.05, 0.1) is 22.8 Å². The first-order chi connectivity index (χ1) is 7.57. The molecule has 1 nitrogen and oxygen atoms in total. The lowest BCUT2D eigenvalue weighted by molar-refractivity contribution is -0.142. The van der Waals surface area contributed by atoms with Gasteiger partial charge in [-0.3, -0.25) is 0 Å². The molecule has 1 N–H and O–H groups in total. The molecular weight excluding hydrogens is 274 g/mol. The summed E-state index contributed by atoms with van der Waals surface area (Å²) in [4.78, 5) is 0. The largest absolute Gasteiger partial charge is 0.417 e. The molecule has 0 saturated heterocycles. The predicted molar refractivity (Wildman–Crippen MR) is 47.4 cm³/mol. The van der Waals surface area contributed by atoms with Gasteiger partial charge >= 0.3 is 12.4 Å². The van der Waals surface area contributed by atoms with Crippen LogP contribution in [0.1, 0.15) is 16.7 Å². The van der Waals surface area contributed by atoms with E-state index >= 15 is 0 Å². The van der Waals surface area contributed by atoms with Crippen molar-refractivity contribution in [3.05, 3.63) is 33.8 Å². The second-order valence-electron chi connectivity index (χ2n) is 3.14. The lowest BCUT2D eigenvalue weighted by atomic mass is 10.0. The Morgan fingerprint density at radius 1 is 0.941 bits per heavy atom. The molecule has 0 aliphatic rings. The maximum Gasteiger partial charge on any atom is 0.417 e. The van der Waals surface area contributed by atoms with Crippen molar-refractivity contribution in [3.8, 4) is 0 Å². The van der Waals surface area contributed by atoms with Gasteiger partial charge in [0, 0.05) is 0 Å². The van der Waals surface area contributed by atoms with Gasteiger partial charge in [-0.1, -0.05) is 11.6 Å². The minimum Gasteiger partial charge on any atom is -0.392 e. The minimum absolute atomic E-state index is 0.163. The average molecular weight is 279 g/mol. The van der Waals surface area contributed by atoms with Crippen LogP contribution in [0.15, 0.2) is 12.1 Å². The number of benzene rings is 1. The molecule has 0 aliphatic heterocycles. The van der Waals surface area contributed by atoms with Gasteiger partial charge in [-0.25, -0.2) is 0 Å². The number of aliphatic hydroxyl groups is 1. The highest BCUT2D eigenvalue weighted by atomic mass is 35.5. The number of aliphatic hydroxyl groups excluding tert-OH is 1. The van der Waals surface area contributed by atoms with Gasteiger partial charge in [0.15, 0.2) is 0 Å². The molecule has 17 heavy (non-hydrogen) atoms. The fourth-order valence-corrected chi connectivity index (χ4v) is 1.50. The summed E-state index contributed by atoms with van der Waals surface area (Å²) in [6.07, 6.45) is -9.74. The van der Waals surface area contributed by atoms with Crippen LogP contribution in [-0.4, -0.2) is 5.11 Å². The molecule has 0 bridgehead atoms. The SMILES string of the molecule is OCc1cc(C(F)(F)F)c(Cl)cc1C(F)(F)F. The summed E-state index contributed by atoms with van der Waals surface area (Å²) in [5.74, 6) is 0. The molecule has 1 aromatic carbocycles. The van der Waals surface area contributed by atoms with Gasteiger partial charge in [0.2, 0.25) is 0 Å². The smallest absolute Gasteiger partial charge is 0.392 e. The van der Waals surface area contributed by atoms with Crippen molar-refractivity contribution in [2.24, 2.45) is 0 Å². The van der Waals surface area contributed by atoms with E-state index in [0.717, 1.165) is 0 Å².